The molecule has 3 aromatic heterocycles. The van der Waals surface area contributed by atoms with E-state index >= 15 is 0 Å². The van der Waals surface area contributed by atoms with E-state index in [1.54, 1.807) is 11.3 Å². The first-order chi connectivity index (χ1) is 11.6. The van der Waals surface area contributed by atoms with E-state index in [4.69, 9.17) is 0 Å². The molecule has 0 saturated heterocycles. The second-order valence-corrected chi connectivity index (χ2v) is 7.48. The fraction of sp³-hybridized carbons (Fsp3) is 0.118. The average Bonchev–Trinajstić information content (AvgIpc) is 3.21. The third-order valence-corrected chi connectivity index (χ3v) is 5.46. The Morgan fingerprint density at radius 1 is 1.25 bits per heavy atom. The number of imidazole rings is 1. The Balaban J connectivity index is 1.61. The number of benzene rings is 1. The second-order valence-electron chi connectivity index (χ2n) is 5.40. The maximum Gasteiger partial charge on any atom is 0.267 e. The van der Waals surface area contributed by atoms with Crippen LogP contribution in [0.25, 0.3) is 16.2 Å². The lowest BCUT2D eigenvalue weighted by Gasteiger charge is -2.05. The van der Waals surface area contributed by atoms with E-state index in [1.165, 1.54) is 11.3 Å². The summed E-state index contributed by atoms with van der Waals surface area (Å²) in [5, 5.41) is 5.84. The minimum atomic E-state index is -0.124. The number of rotatable bonds is 3. The highest BCUT2D eigenvalue weighted by Gasteiger charge is 2.14. The molecule has 0 aliphatic heterocycles. The van der Waals surface area contributed by atoms with E-state index < -0.39 is 0 Å². The van der Waals surface area contributed by atoms with Crippen LogP contribution in [0.1, 0.15) is 20.4 Å². The monoisotopic (exact) mass is 354 g/mol. The van der Waals surface area contributed by atoms with Crippen molar-refractivity contribution in [2.75, 3.05) is 5.32 Å². The van der Waals surface area contributed by atoms with E-state index in [2.05, 4.69) is 15.3 Å². The fourth-order valence-electron chi connectivity index (χ4n) is 2.55. The summed E-state index contributed by atoms with van der Waals surface area (Å²) in [6.45, 7) is 3.76. The lowest BCUT2D eigenvalue weighted by molar-refractivity contribution is 0.103. The number of carbonyl (C=O) groups excluding carboxylic acids is 1. The van der Waals surface area contributed by atoms with Gasteiger partial charge in [0.15, 0.2) is 4.96 Å². The number of nitrogens with zero attached hydrogens (tertiary/aromatic N) is 3. The van der Waals surface area contributed by atoms with Crippen molar-refractivity contribution in [1.29, 1.82) is 0 Å². The number of hydrogen-bond donors (Lipinski definition) is 1. The molecular weight excluding hydrogens is 340 g/mol. The number of fused-ring (bicyclic) bond motifs is 1. The SMILES string of the molecule is Cc1nc(C)c(C(=O)Nc2cccc(-c3cn4ccsc4n3)c2)s1. The zero-order chi connectivity index (χ0) is 16.7. The van der Waals surface area contributed by atoms with E-state index in [9.17, 15) is 4.79 Å². The number of aromatic nitrogens is 3. The third kappa shape index (κ3) is 2.72. The van der Waals surface area contributed by atoms with E-state index in [1.807, 2.05) is 60.3 Å². The van der Waals surface area contributed by atoms with Gasteiger partial charge in [-0.15, -0.1) is 22.7 Å². The van der Waals surface area contributed by atoms with Crippen LogP contribution in [0, 0.1) is 13.8 Å². The molecule has 0 saturated carbocycles. The maximum absolute atomic E-state index is 12.4. The van der Waals surface area contributed by atoms with Gasteiger partial charge in [0.05, 0.1) is 16.4 Å². The number of nitrogens with one attached hydrogen (secondary N) is 1. The number of carbonyl (C=O) groups is 1. The van der Waals surface area contributed by atoms with Gasteiger partial charge in [-0.3, -0.25) is 9.20 Å². The van der Waals surface area contributed by atoms with Gasteiger partial charge in [-0.2, -0.15) is 0 Å². The summed E-state index contributed by atoms with van der Waals surface area (Å²) in [5.74, 6) is -0.124. The van der Waals surface area contributed by atoms with Crippen LogP contribution in [0.15, 0.2) is 42.0 Å². The van der Waals surface area contributed by atoms with Crippen LogP contribution in [-0.4, -0.2) is 20.3 Å². The summed E-state index contributed by atoms with van der Waals surface area (Å²) < 4.78 is 1.99. The molecule has 4 aromatic rings. The summed E-state index contributed by atoms with van der Waals surface area (Å²) in [4.78, 5) is 22.9. The van der Waals surface area contributed by atoms with Crippen LogP contribution < -0.4 is 5.32 Å². The Bertz CT molecular complexity index is 1020. The smallest absolute Gasteiger partial charge is 0.267 e. The van der Waals surface area contributed by atoms with Crippen molar-refractivity contribution in [3.05, 3.63) is 57.6 Å². The van der Waals surface area contributed by atoms with E-state index in [-0.39, 0.29) is 5.91 Å². The van der Waals surface area contributed by atoms with E-state index in [0.717, 1.165) is 32.6 Å². The van der Waals surface area contributed by atoms with Crippen molar-refractivity contribution in [3.63, 3.8) is 0 Å². The Morgan fingerprint density at radius 3 is 2.88 bits per heavy atom. The largest absolute Gasteiger partial charge is 0.321 e. The minimum absolute atomic E-state index is 0.124. The Hall–Kier alpha value is -2.51. The molecule has 0 aliphatic rings. The fourth-order valence-corrected chi connectivity index (χ4v) is 4.07. The van der Waals surface area contributed by atoms with Crippen LogP contribution in [0.5, 0.6) is 0 Å². The highest BCUT2D eigenvalue weighted by Crippen LogP contribution is 2.25. The molecule has 0 bridgehead atoms. The molecule has 3 heterocycles. The first-order valence-corrected chi connectivity index (χ1v) is 9.08. The van der Waals surface area contributed by atoms with Gasteiger partial charge < -0.3 is 5.32 Å². The lowest BCUT2D eigenvalue weighted by atomic mass is 10.1. The molecule has 1 N–H and O–H groups in total. The van der Waals surface area contributed by atoms with Crippen molar-refractivity contribution in [3.8, 4) is 11.3 Å². The lowest BCUT2D eigenvalue weighted by Crippen LogP contribution is -2.11. The molecule has 0 atom stereocenters. The molecule has 0 unspecified atom stereocenters. The highest BCUT2D eigenvalue weighted by atomic mass is 32.1. The molecule has 0 fully saturated rings. The van der Waals surface area contributed by atoms with Crippen molar-refractivity contribution < 1.29 is 4.79 Å². The molecule has 5 nitrogen and oxygen atoms in total. The van der Waals surface area contributed by atoms with Crippen LogP contribution in [0.4, 0.5) is 5.69 Å². The number of aryl methyl sites for hydroxylation is 2. The van der Waals surface area contributed by atoms with Gasteiger partial charge >= 0.3 is 0 Å². The Morgan fingerprint density at radius 2 is 2.12 bits per heavy atom. The molecule has 1 aromatic carbocycles. The predicted octanol–water partition coefficient (Wildman–Crippen LogP) is 4.39. The van der Waals surface area contributed by atoms with Crippen molar-refractivity contribution >= 4 is 39.2 Å². The van der Waals surface area contributed by atoms with Gasteiger partial charge in [0.2, 0.25) is 0 Å². The standard InChI is InChI=1S/C17H14N4OS2/c1-10-15(24-11(2)18-10)16(22)19-13-5-3-4-12(8-13)14-9-21-6-7-23-17(21)20-14/h3-9H,1-2H3,(H,19,22). The molecule has 0 spiro atoms. The van der Waals surface area contributed by atoms with Crippen LogP contribution >= 0.6 is 22.7 Å². The molecule has 4 rings (SSSR count). The molecule has 24 heavy (non-hydrogen) atoms. The molecular formula is C17H14N4OS2. The normalized spacial score (nSPS) is 11.1. The molecule has 1 amide bonds. The summed E-state index contributed by atoms with van der Waals surface area (Å²) in [7, 11) is 0. The number of hydrogen-bond acceptors (Lipinski definition) is 5. The molecule has 120 valence electrons. The van der Waals surface area contributed by atoms with Gasteiger partial charge in [0.25, 0.3) is 5.91 Å². The average molecular weight is 354 g/mol. The minimum Gasteiger partial charge on any atom is -0.321 e. The highest BCUT2D eigenvalue weighted by molar-refractivity contribution is 7.15. The zero-order valence-corrected chi connectivity index (χ0v) is 14.7. The number of anilines is 1. The van der Waals surface area contributed by atoms with Crippen LogP contribution in [0.2, 0.25) is 0 Å². The summed E-state index contributed by atoms with van der Waals surface area (Å²) in [5.41, 5.74) is 3.38. The van der Waals surface area contributed by atoms with Gasteiger partial charge in [0.1, 0.15) is 4.88 Å². The Labute approximate surface area is 146 Å². The van der Waals surface area contributed by atoms with Crippen molar-refractivity contribution in [1.82, 2.24) is 14.4 Å². The van der Waals surface area contributed by atoms with Gasteiger partial charge in [-0.1, -0.05) is 12.1 Å². The molecule has 7 heteroatoms. The zero-order valence-electron chi connectivity index (χ0n) is 13.1. The predicted molar refractivity (Wildman–Crippen MR) is 98.0 cm³/mol. The Kier molecular flexibility index (Phi) is 3.66. The first kappa shape index (κ1) is 15.0. The molecule has 0 radical (unpaired) electrons. The summed E-state index contributed by atoms with van der Waals surface area (Å²) >= 11 is 3.00. The van der Waals surface area contributed by atoms with Gasteiger partial charge in [-0.25, -0.2) is 9.97 Å². The maximum atomic E-state index is 12.4. The molecule has 0 aliphatic carbocycles. The number of thiazole rings is 2. The van der Waals surface area contributed by atoms with Gasteiger partial charge in [-0.05, 0) is 26.0 Å². The van der Waals surface area contributed by atoms with Crippen molar-refractivity contribution in [2.24, 2.45) is 0 Å². The number of amides is 1. The quantitative estimate of drug-likeness (QED) is 0.594. The summed E-state index contributed by atoms with van der Waals surface area (Å²) in [6, 6.07) is 7.73. The van der Waals surface area contributed by atoms with Crippen LogP contribution in [-0.2, 0) is 0 Å². The second kappa shape index (κ2) is 5.85. The third-order valence-electron chi connectivity index (χ3n) is 3.62. The topological polar surface area (TPSA) is 59.3 Å². The summed E-state index contributed by atoms with van der Waals surface area (Å²) in [6.07, 6.45) is 3.97. The van der Waals surface area contributed by atoms with Crippen molar-refractivity contribution in [2.45, 2.75) is 13.8 Å². The van der Waals surface area contributed by atoms with E-state index in [0.29, 0.717) is 4.88 Å². The van der Waals surface area contributed by atoms with Crippen LogP contribution in [0.3, 0.4) is 0 Å². The van der Waals surface area contributed by atoms with Gasteiger partial charge in [0, 0.05) is 29.0 Å². The first-order valence-electron chi connectivity index (χ1n) is 7.38.